The zero-order valence-corrected chi connectivity index (χ0v) is 11.6. The molecule has 0 aromatic rings. The molecule has 19 heavy (non-hydrogen) atoms. The monoisotopic (exact) mass is 277 g/mol. The second-order valence-electron chi connectivity index (χ2n) is 6.31. The maximum atomic E-state index is 12.8. The minimum atomic E-state index is -4.00. The molecule has 2 unspecified atom stereocenters. The van der Waals surface area contributed by atoms with Crippen LogP contribution in [0.1, 0.15) is 70.6 Å². The molecule has 2 aliphatic carbocycles. The third-order valence-electron chi connectivity index (χ3n) is 4.71. The highest BCUT2D eigenvalue weighted by molar-refractivity contribution is 4.84. The van der Waals surface area contributed by atoms with Crippen molar-refractivity contribution in [2.45, 2.75) is 88.9 Å². The Morgan fingerprint density at radius 2 is 1.26 bits per heavy atom. The highest BCUT2D eigenvalue weighted by Gasteiger charge is 2.42. The van der Waals surface area contributed by atoms with Gasteiger partial charge in [0, 0.05) is 12.1 Å². The van der Waals surface area contributed by atoms with Gasteiger partial charge in [0.2, 0.25) is 0 Å². The molecule has 2 rings (SSSR count). The Kier molecular flexibility index (Phi) is 5.55. The van der Waals surface area contributed by atoms with Crippen LogP contribution in [-0.4, -0.2) is 18.3 Å². The molecule has 0 spiro atoms. The van der Waals surface area contributed by atoms with E-state index in [1.165, 1.54) is 32.1 Å². The summed E-state index contributed by atoms with van der Waals surface area (Å²) in [6, 6.07) is 0.544. The van der Waals surface area contributed by atoms with E-state index < -0.39 is 12.1 Å². The van der Waals surface area contributed by atoms with Crippen molar-refractivity contribution in [3.63, 3.8) is 0 Å². The zero-order chi connectivity index (χ0) is 13.7. The maximum absolute atomic E-state index is 12.8. The van der Waals surface area contributed by atoms with Crippen LogP contribution in [0.25, 0.3) is 0 Å². The lowest BCUT2D eigenvalue weighted by Gasteiger charge is -2.34. The number of rotatable bonds is 2. The van der Waals surface area contributed by atoms with E-state index in [0.717, 1.165) is 19.3 Å². The predicted octanol–water partition coefficient (Wildman–Crippen LogP) is 4.81. The fourth-order valence-corrected chi connectivity index (χ4v) is 3.59. The van der Waals surface area contributed by atoms with Gasteiger partial charge in [0.25, 0.3) is 0 Å². The second-order valence-corrected chi connectivity index (χ2v) is 6.31. The van der Waals surface area contributed by atoms with E-state index in [9.17, 15) is 13.2 Å². The first-order valence-corrected chi connectivity index (χ1v) is 7.88. The van der Waals surface area contributed by atoms with Crippen molar-refractivity contribution < 1.29 is 13.2 Å². The molecule has 2 atom stereocenters. The van der Waals surface area contributed by atoms with Gasteiger partial charge in [0.15, 0.2) is 0 Å². The molecular weight excluding hydrogens is 251 g/mol. The summed E-state index contributed by atoms with van der Waals surface area (Å²) >= 11 is 0. The average molecular weight is 277 g/mol. The van der Waals surface area contributed by atoms with Gasteiger partial charge in [-0.2, -0.15) is 13.2 Å². The first-order chi connectivity index (χ1) is 9.05. The Morgan fingerprint density at radius 1 is 0.684 bits per heavy atom. The van der Waals surface area contributed by atoms with Crippen LogP contribution in [0.2, 0.25) is 0 Å². The number of hydrogen-bond acceptors (Lipinski definition) is 1. The quantitative estimate of drug-likeness (QED) is 0.763. The van der Waals surface area contributed by atoms with Gasteiger partial charge < -0.3 is 5.32 Å². The summed E-state index contributed by atoms with van der Waals surface area (Å²) in [6.07, 6.45) is 6.90. The van der Waals surface area contributed by atoms with Gasteiger partial charge in [-0.1, -0.05) is 38.5 Å². The second kappa shape index (κ2) is 6.96. The lowest BCUT2D eigenvalue weighted by atomic mass is 9.84. The molecule has 0 bridgehead atoms. The standard InChI is InChI=1S/C15H26F3N/c16-15(17,18)12-7-6-10-14(11-12)19-13-8-4-2-1-3-5-9-13/h12-14,19H,1-11H2. The summed E-state index contributed by atoms with van der Waals surface area (Å²) in [5, 5.41) is 3.53. The van der Waals surface area contributed by atoms with Gasteiger partial charge in [0.1, 0.15) is 0 Å². The normalized spacial score (nSPS) is 31.7. The summed E-state index contributed by atoms with van der Waals surface area (Å²) in [5.74, 6) is -1.08. The molecule has 0 saturated heterocycles. The molecule has 0 aromatic heterocycles. The van der Waals surface area contributed by atoms with E-state index in [1.807, 2.05) is 0 Å². The molecule has 0 aliphatic heterocycles. The van der Waals surface area contributed by atoms with Crippen LogP contribution >= 0.6 is 0 Å². The summed E-state index contributed by atoms with van der Waals surface area (Å²) in [7, 11) is 0. The van der Waals surface area contributed by atoms with Crippen molar-refractivity contribution in [3.8, 4) is 0 Å². The Labute approximate surface area is 114 Å². The van der Waals surface area contributed by atoms with Gasteiger partial charge in [-0.15, -0.1) is 0 Å². The number of hydrogen-bond donors (Lipinski definition) is 1. The molecule has 0 amide bonds. The highest BCUT2D eigenvalue weighted by Crippen LogP contribution is 2.37. The third-order valence-corrected chi connectivity index (χ3v) is 4.71. The molecular formula is C15H26F3N. The van der Waals surface area contributed by atoms with Gasteiger partial charge in [-0.05, 0) is 32.1 Å². The van der Waals surface area contributed by atoms with Crippen molar-refractivity contribution in [3.05, 3.63) is 0 Å². The van der Waals surface area contributed by atoms with E-state index in [2.05, 4.69) is 5.32 Å². The summed E-state index contributed by atoms with van der Waals surface area (Å²) in [6.45, 7) is 0. The van der Waals surface area contributed by atoms with Crippen LogP contribution in [-0.2, 0) is 0 Å². The van der Waals surface area contributed by atoms with Crippen LogP contribution < -0.4 is 5.32 Å². The minimum Gasteiger partial charge on any atom is -0.311 e. The maximum Gasteiger partial charge on any atom is 0.391 e. The smallest absolute Gasteiger partial charge is 0.311 e. The molecule has 2 saturated carbocycles. The number of halogens is 3. The SMILES string of the molecule is FC(F)(F)C1CCCC(NC2CCCCCCC2)C1. The van der Waals surface area contributed by atoms with Crippen LogP contribution in [0.3, 0.4) is 0 Å². The first-order valence-electron chi connectivity index (χ1n) is 7.88. The Bertz CT molecular complexity index is 257. The van der Waals surface area contributed by atoms with Gasteiger partial charge in [-0.3, -0.25) is 0 Å². The molecule has 0 aromatic carbocycles. The molecule has 0 heterocycles. The van der Waals surface area contributed by atoms with E-state index >= 15 is 0 Å². The average Bonchev–Trinajstić information content (AvgIpc) is 2.32. The zero-order valence-electron chi connectivity index (χ0n) is 11.6. The fraction of sp³-hybridized carbons (Fsp3) is 1.00. The van der Waals surface area contributed by atoms with E-state index in [0.29, 0.717) is 25.3 Å². The largest absolute Gasteiger partial charge is 0.391 e. The van der Waals surface area contributed by atoms with E-state index in [1.54, 1.807) is 0 Å². The number of alkyl halides is 3. The first kappa shape index (κ1) is 15.1. The molecule has 4 heteroatoms. The highest BCUT2D eigenvalue weighted by atomic mass is 19.4. The molecule has 2 aliphatic rings. The Balaban J connectivity index is 1.80. The predicted molar refractivity (Wildman–Crippen MR) is 71.0 cm³/mol. The van der Waals surface area contributed by atoms with Crippen LogP contribution in [0, 0.1) is 5.92 Å². The lowest BCUT2D eigenvalue weighted by Crippen LogP contribution is -2.43. The third kappa shape index (κ3) is 4.97. The molecule has 2 fully saturated rings. The van der Waals surface area contributed by atoms with E-state index in [-0.39, 0.29) is 6.04 Å². The fourth-order valence-electron chi connectivity index (χ4n) is 3.59. The molecule has 1 N–H and O–H groups in total. The van der Waals surface area contributed by atoms with Crippen LogP contribution in [0.5, 0.6) is 0 Å². The Morgan fingerprint density at radius 3 is 1.89 bits per heavy atom. The molecule has 0 radical (unpaired) electrons. The lowest BCUT2D eigenvalue weighted by molar-refractivity contribution is -0.183. The van der Waals surface area contributed by atoms with E-state index in [4.69, 9.17) is 0 Å². The van der Waals surface area contributed by atoms with Crippen LogP contribution in [0.4, 0.5) is 13.2 Å². The molecule has 1 nitrogen and oxygen atoms in total. The van der Waals surface area contributed by atoms with Crippen molar-refractivity contribution in [1.29, 1.82) is 0 Å². The van der Waals surface area contributed by atoms with Crippen molar-refractivity contribution >= 4 is 0 Å². The van der Waals surface area contributed by atoms with Gasteiger partial charge >= 0.3 is 6.18 Å². The minimum absolute atomic E-state index is 0.0878. The summed E-state index contributed by atoms with van der Waals surface area (Å²) in [5.41, 5.74) is 0. The summed E-state index contributed by atoms with van der Waals surface area (Å²) in [4.78, 5) is 0. The topological polar surface area (TPSA) is 12.0 Å². The molecule has 112 valence electrons. The van der Waals surface area contributed by atoms with Crippen molar-refractivity contribution in [2.24, 2.45) is 5.92 Å². The van der Waals surface area contributed by atoms with Crippen molar-refractivity contribution in [1.82, 2.24) is 5.32 Å². The van der Waals surface area contributed by atoms with Crippen LogP contribution in [0.15, 0.2) is 0 Å². The van der Waals surface area contributed by atoms with Crippen molar-refractivity contribution in [2.75, 3.05) is 0 Å². The number of nitrogens with one attached hydrogen (secondary N) is 1. The Hall–Kier alpha value is -0.250. The van der Waals surface area contributed by atoms with Gasteiger partial charge in [0.05, 0.1) is 5.92 Å². The summed E-state index contributed by atoms with van der Waals surface area (Å²) < 4.78 is 38.4. The van der Waals surface area contributed by atoms with Gasteiger partial charge in [-0.25, -0.2) is 0 Å².